The molecule has 148 valence electrons. The fraction of sp³-hybridized carbons (Fsp3) is 0.455. The molecule has 0 saturated carbocycles. The van der Waals surface area contributed by atoms with Crippen molar-refractivity contribution in [2.75, 3.05) is 13.1 Å². The van der Waals surface area contributed by atoms with Gasteiger partial charge in [0.1, 0.15) is 17.5 Å². The Balaban J connectivity index is 1.48. The Morgan fingerprint density at radius 3 is 2.75 bits per heavy atom. The first kappa shape index (κ1) is 18.9. The molecule has 1 aliphatic heterocycles. The van der Waals surface area contributed by atoms with E-state index in [2.05, 4.69) is 22.9 Å². The molecule has 0 bridgehead atoms. The number of aliphatic hydroxyl groups is 1. The molecule has 1 fully saturated rings. The van der Waals surface area contributed by atoms with Gasteiger partial charge in [-0.1, -0.05) is 13.0 Å². The van der Waals surface area contributed by atoms with Gasteiger partial charge in [0.25, 0.3) is 0 Å². The first-order chi connectivity index (χ1) is 13.5. The first-order valence-corrected chi connectivity index (χ1v) is 9.98. The van der Waals surface area contributed by atoms with Gasteiger partial charge in [0.15, 0.2) is 0 Å². The van der Waals surface area contributed by atoms with Crippen LogP contribution in [0.2, 0.25) is 0 Å². The van der Waals surface area contributed by atoms with Gasteiger partial charge in [-0.3, -0.25) is 4.90 Å². The Hall–Kier alpha value is -2.44. The van der Waals surface area contributed by atoms with Crippen LogP contribution in [0.1, 0.15) is 42.8 Å². The summed E-state index contributed by atoms with van der Waals surface area (Å²) in [5.74, 6) is 0.943. The largest absolute Gasteiger partial charge is 0.423 e. The van der Waals surface area contributed by atoms with Crippen LogP contribution in [0.5, 0.6) is 0 Å². The maximum absolute atomic E-state index is 12.0. The van der Waals surface area contributed by atoms with E-state index >= 15 is 0 Å². The summed E-state index contributed by atoms with van der Waals surface area (Å²) in [6.45, 7) is 4.63. The lowest BCUT2D eigenvalue weighted by molar-refractivity contribution is 0.0493. The van der Waals surface area contributed by atoms with Crippen LogP contribution in [0.3, 0.4) is 0 Å². The van der Waals surface area contributed by atoms with Crippen molar-refractivity contribution in [1.82, 2.24) is 14.5 Å². The minimum absolute atomic E-state index is 0.210. The van der Waals surface area contributed by atoms with Crippen LogP contribution in [-0.4, -0.2) is 32.6 Å². The number of imidazole rings is 1. The molecule has 1 aromatic carbocycles. The van der Waals surface area contributed by atoms with Gasteiger partial charge in [0.05, 0.1) is 0 Å². The fourth-order valence-electron chi connectivity index (χ4n) is 4.17. The summed E-state index contributed by atoms with van der Waals surface area (Å²) in [6.07, 6.45) is 5.83. The monoisotopic (exact) mass is 381 g/mol. The molecule has 1 aliphatic rings. The second kappa shape index (κ2) is 7.89. The number of benzene rings is 1. The Labute approximate surface area is 164 Å². The van der Waals surface area contributed by atoms with E-state index in [1.165, 1.54) is 5.56 Å². The number of hydrogen-bond donors (Lipinski definition) is 1. The van der Waals surface area contributed by atoms with Gasteiger partial charge in [0, 0.05) is 37.4 Å². The number of aromatic nitrogens is 2. The van der Waals surface area contributed by atoms with Crippen molar-refractivity contribution >= 4 is 11.0 Å². The van der Waals surface area contributed by atoms with Crippen LogP contribution in [0.15, 0.2) is 45.9 Å². The molecule has 6 heteroatoms. The highest BCUT2D eigenvalue weighted by Crippen LogP contribution is 2.31. The number of fused-ring (bicyclic) bond motifs is 1. The van der Waals surface area contributed by atoms with Crippen LogP contribution in [0.4, 0.5) is 0 Å². The van der Waals surface area contributed by atoms with E-state index in [0.717, 1.165) is 55.7 Å². The van der Waals surface area contributed by atoms with Gasteiger partial charge in [-0.25, -0.2) is 9.78 Å². The summed E-state index contributed by atoms with van der Waals surface area (Å²) in [5, 5.41) is 11.7. The molecule has 3 heterocycles. The molecule has 0 amide bonds. The van der Waals surface area contributed by atoms with E-state index in [-0.39, 0.29) is 11.5 Å². The second-order valence-corrected chi connectivity index (χ2v) is 7.73. The highest BCUT2D eigenvalue weighted by Gasteiger charge is 2.28. The van der Waals surface area contributed by atoms with Crippen LogP contribution >= 0.6 is 0 Å². The Bertz CT molecular complexity index is 1020. The highest BCUT2D eigenvalue weighted by atomic mass is 16.4. The minimum atomic E-state index is -0.529. The molecule has 1 unspecified atom stereocenters. The molecule has 2 aromatic heterocycles. The normalized spacial score (nSPS) is 17.2. The zero-order valence-corrected chi connectivity index (χ0v) is 16.5. The quantitative estimate of drug-likeness (QED) is 0.688. The maximum Gasteiger partial charge on any atom is 0.336 e. The SMILES string of the molecule is CCc1ccc2oc(=O)cc(CN3CCC(C(O)c4nccn4C)CC3)c2c1. The van der Waals surface area contributed by atoms with Crippen LogP contribution in [0.25, 0.3) is 11.0 Å². The third-order valence-corrected chi connectivity index (χ3v) is 5.90. The van der Waals surface area contributed by atoms with Crippen molar-refractivity contribution in [1.29, 1.82) is 0 Å². The number of nitrogens with zero attached hydrogens (tertiary/aromatic N) is 3. The summed E-state index contributed by atoms with van der Waals surface area (Å²) in [5.41, 5.74) is 2.61. The van der Waals surface area contributed by atoms with Crippen LogP contribution in [0, 0.1) is 5.92 Å². The maximum atomic E-state index is 12.0. The summed E-state index contributed by atoms with van der Waals surface area (Å²) in [4.78, 5) is 18.6. The van der Waals surface area contributed by atoms with Crippen molar-refractivity contribution in [3.8, 4) is 0 Å². The van der Waals surface area contributed by atoms with E-state index in [4.69, 9.17) is 4.42 Å². The molecule has 0 aliphatic carbocycles. The standard InChI is InChI=1S/C22H27N3O3/c1-3-15-4-5-19-18(12-15)17(13-20(26)28-19)14-25-9-6-16(7-10-25)21(27)22-23-8-11-24(22)2/h4-5,8,11-13,16,21,27H,3,6-7,9-10,14H2,1-2H3. The molecule has 1 N–H and O–H groups in total. The van der Waals surface area contributed by atoms with Gasteiger partial charge >= 0.3 is 5.63 Å². The lowest BCUT2D eigenvalue weighted by atomic mass is 9.90. The van der Waals surface area contributed by atoms with Gasteiger partial charge < -0.3 is 14.1 Å². The highest BCUT2D eigenvalue weighted by molar-refractivity contribution is 5.80. The van der Waals surface area contributed by atoms with Gasteiger partial charge in [-0.2, -0.15) is 0 Å². The molecule has 28 heavy (non-hydrogen) atoms. The fourth-order valence-corrected chi connectivity index (χ4v) is 4.17. The Morgan fingerprint density at radius 2 is 2.07 bits per heavy atom. The smallest absolute Gasteiger partial charge is 0.336 e. The number of piperidine rings is 1. The zero-order chi connectivity index (χ0) is 19.7. The summed E-state index contributed by atoms with van der Waals surface area (Å²) in [7, 11) is 1.91. The summed E-state index contributed by atoms with van der Waals surface area (Å²) >= 11 is 0. The van der Waals surface area contributed by atoms with E-state index in [1.54, 1.807) is 12.3 Å². The third kappa shape index (κ3) is 3.75. The molecule has 0 radical (unpaired) electrons. The first-order valence-electron chi connectivity index (χ1n) is 9.98. The van der Waals surface area contributed by atoms with Gasteiger partial charge in [-0.15, -0.1) is 0 Å². The molecule has 3 aromatic rings. The molecule has 0 spiro atoms. The predicted molar refractivity (Wildman–Crippen MR) is 108 cm³/mol. The molecular weight excluding hydrogens is 354 g/mol. The number of likely N-dealkylation sites (tertiary alicyclic amines) is 1. The van der Waals surface area contributed by atoms with Crippen LogP contribution < -0.4 is 5.63 Å². The topological polar surface area (TPSA) is 71.5 Å². The number of rotatable bonds is 5. The molecule has 6 nitrogen and oxygen atoms in total. The average molecular weight is 381 g/mol. The Morgan fingerprint density at radius 1 is 1.29 bits per heavy atom. The summed E-state index contributed by atoms with van der Waals surface area (Å²) in [6, 6.07) is 7.66. The number of hydrogen-bond acceptors (Lipinski definition) is 5. The zero-order valence-electron chi connectivity index (χ0n) is 16.5. The predicted octanol–water partition coefficient (Wildman–Crippen LogP) is 3.03. The molecule has 1 saturated heterocycles. The van der Waals surface area contributed by atoms with Gasteiger partial charge in [-0.05, 0) is 61.5 Å². The van der Waals surface area contributed by atoms with Crippen molar-refractivity contribution in [3.63, 3.8) is 0 Å². The Kier molecular flexibility index (Phi) is 5.33. The van der Waals surface area contributed by atoms with Crippen molar-refractivity contribution in [3.05, 3.63) is 64.0 Å². The van der Waals surface area contributed by atoms with E-state index in [1.807, 2.05) is 29.9 Å². The van der Waals surface area contributed by atoms with Crippen molar-refractivity contribution < 1.29 is 9.52 Å². The van der Waals surface area contributed by atoms with Crippen molar-refractivity contribution in [2.45, 2.75) is 38.8 Å². The second-order valence-electron chi connectivity index (χ2n) is 7.73. The molecule has 1 atom stereocenters. The molecule has 4 rings (SSSR count). The third-order valence-electron chi connectivity index (χ3n) is 5.90. The van der Waals surface area contributed by atoms with Crippen LogP contribution in [-0.2, 0) is 20.0 Å². The summed E-state index contributed by atoms with van der Waals surface area (Å²) < 4.78 is 7.26. The number of aliphatic hydroxyl groups excluding tert-OH is 1. The van der Waals surface area contributed by atoms with Gasteiger partial charge in [0.2, 0.25) is 0 Å². The molecular formula is C22H27N3O3. The lowest BCUT2D eigenvalue weighted by Gasteiger charge is -2.34. The van der Waals surface area contributed by atoms with E-state index < -0.39 is 6.10 Å². The average Bonchev–Trinajstić information content (AvgIpc) is 3.13. The minimum Gasteiger partial charge on any atom is -0.423 e. The van der Waals surface area contributed by atoms with E-state index in [0.29, 0.717) is 5.58 Å². The van der Waals surface area contributed by atoms with E-state index in [9.17, 15) is 9.90 Å². The lowest BCUT2D eigenvalue weighted by Crippen LogP contribution is -2.35. The van der Waals surface area contributed by atoms with Crippen molar-refractivity contribution in [2.24, 2.45) is 13.0 Å². The number of aryl methyl sites for hydroxylation is 2.